The van der Waals surface area contributed by atoms with E-state index >= 15 is 0 Å². The summed E-state index contributed by atoms with van der Waals surface area (Å²) in [4.78, 5) is 12.0. The molecule has 0 bridgehead atoms. The van der Waals surface area contributed by atoms with Crippen molar-refractivity contribution in [3.63, 3.8) is 0 Å². The summed E-state index contributed by atoms with van der Waals surface area (Å²) in [6.07, 6.45) is 1.64. The van der Waals surface area contributed by atoms with Gasteiger partial charge in [-0.2, -0.15) is 5.10 Å². The van der Waals surface area contributed by atoms with Gasteiger partial charge in [-0.3, -0.25) is 4.79 Å². The molecule has 2 aromatic carbocycles. The van der Waals surface area contributed by atoms with Crippen LogP contribution in [0.25, 0.3) is 0 Å². The first-order chi connectivity index (χ1) is 10.1. The van der Waals surface area contributed by atoms with Gasteiger partial charge in [0.1, 0.15) is 5.75 Å². The van der Waals surface area contributed by atoms with Crippen LogP contribution >= 0.6 is 0 Å². The molecule has 0 aliphatic heterocycles. The summed E-state index contributed by atoms with van der Waals surface area (Å²) in [5.41, 5.74) is 6.30. The molecule has 1 amide bonds. The first kappa shape index (κ1) is 14.8. The molecule has 0 heterocycles. The van der Waals surface area contributed by atoms with Crippen molar-refractivity contribution < 1.29 is 9.53 Å². The number of amides is 1. The number of ether oxygens (including phenoxy) is 1. The van der Waals surface area contributed by atoms with E-state index in [0.29, 0.717) is 11.3 Å². The zero-order valence-electron chi connectivity index (χ0n) is 12.4. The maximum Gasteiger partial charge on any atom is 0.271 e. The van der Waals surface area contributed by atoms with Crippen molar-refractivity contribution >= 4 is 12.1 Å². The molecular formula is C17H18N2O2. The van der Waals surface area contributed by atoms with Crippen LogP contribution in [-0.2, 0) is 0 Å². The number of carbonyl (C=O) groups is 1. The molecule has 0 fully saturated rings. The first-order valence-electron chi connectivity index (χ1n) is 6.64. The van der Waals surface area contributed by atoms with Crippen LogP contribution in [0.3, 0.4) is 0 Å². The average molecular weight is 282 g/mol. The highest BCUT2D eigenvalue weighted by molar-refractivity contribution is 5.95. The monoisotopic (exact) mass is 282 g/mol. The number of benzene rings is 2. The number of aryl methyl sites for hydroxylation is 2. The molecular weight excluding hydrogens is 264 g/mol. The fraction of sp³-hybridized carbons (Fsp3) is 0.176. The molecule has 0 saturated carbocycles. The SMILES string of the molecule is COc1cccc(C(=O)N/N=C/c2cc(C)cc(C)c2)c1. The summed E-state index contributed by atoms with van der Waals surface area (Å²) in [7, 11) is 1.56. The molecule has 1 N–H and O–H groups in total. The summed E-state index contributed by atoms with van der Waals surface area (Å²) >= 11 is 0. The number of nitrogens with one attached hydrogen (secondary N) is 1. The van der Waals surface area contributed by atoms with Gasteiger partial charge in [-0.15, -0.1) is 0 Å². The van der Waals surface area contributed by atoms with Gasteiger partial charge in [-0.05, 0) is 37.6 Å². The fourth-order valence-corrected chi connectivity index (χ4v) is 2.08. The Hall–Kier alpha value is -2.62. The van der Waals surface area contributed by atoms with Crippen molar-refractivity contribution in [2.24, 2.45) is 5.10 Å². The highest BCUT2D eigenvalue weighted by atomic mass is 16.5. The van der Waals surface area contributed by atoms with Crippen LogP contribution in [0.1, 0.15) is 27.0 Å². The summed E-state index contributed by atoms with van der Waals surface area (Å²) < 4.78 is 5.09. The Bertz CT molecular complexity index is 658. The molecule has 0 atom stereocenters. The van der Waals surface area contributed by atoms with E-state index in [9.17, 15) is 4.79 Å². The predicted molar refractivity (Wildman–Crippen MR) is 84.0 cm³/mol. The molecule has 21 heavy (non-hydrogen) atoms. The zero-order valence-corrected chi connectivity index (χ0v) is 12.4. The molecule has 2 aromatic rings. The van der Waals surface area contributed by atoms with Gasteiger partial charge in [-0.1, -0.05) is 35.4 Å². The molecule has 108 valence electrons. The smallest absolute Gasteiger partial charge is 0.271 e. The molecule has 0 radical (unpaired) electrons. The van der Waals surface area contributed by atoms with Gasteiger partial charge in [0.2, 0.25) is 0 Å². The zero-order chi connectivity index (χ0) is 15.2. The minimum absolute atomic E-state index is 0.269. The highest BCUT2D eigenvalue weighted by Crippen LogP contribution is 2.12. The molecule has 0 spiro atoms. The fourth-order valence-electron chi connectivity index (χ4n) is 2.08. The van der Waals surface area contributed by atoms with Gasteiger partial charge in [0.05, 0.1) is 13.3 Å². The number of rotatable bonds is 4. The number of nitrogens with zero attached hydrogens (tertiary/aromatic N) is 1. The summed E-state index contributed by atoms with van der Waals surface area (Å²) in [5, 5.41) is 3.99. The number of hydrogen-bond acceptors (Lipinski definition) is 3. The van der Waals surface area contributed by atoms with E-state index in [1.54, 1.807) is 37.6 Å². The highest BCUT2D eigenvalue weighted by Gasteiger charge is 2.04. The Balaban J connectivity index is 2.04. The Morgan fingerprint density at radius 1 is 1.14 bits per heavy atom. The van der Waals surface area contributed by atoms with E-state index in [1.807, 2.05) is 26.0 Å². The molecule has 0 aliphatic rings. The van der Waals surface area contributed by atoms with Crippen molar-refractivity contribution in [1.82, 2.24) is 5.43 Å². The van der Waals surface area contributed by atoms with Crippen LogP contribution in [0, 0.1) is 13.8 Å². The van der Waals surface area contributed by atoms with Crippen molar-refractivity contribution in [2.45, 2.75) is 13.8 Å². The second kappa shape index (κ2) is 6.70. The third-order valence-corrected chi connectivity index (χ3v) is 2.96. The van der Waals surface area contributed by atoms with Gasteiger partial charge in [0.15, 0.2) is 0 Å². The molecule has 4 nitrogen and oxygen atoms in total. The number of hydrazone groups is 1. The van der Waals surface area contributed by atoms with Crippen LogP contribution < -0.4 is 10.2 Å². The van der Waals surface area contributed by atoms with E-state index < -0.39 is 0 Å². The van der Waals surface area contributed by atoms with Gasteiger partial charge >= 0.3 is 0 Å². The molecule has 0 aromatic heterocycles. The van der Waals surface area contributed by atoms with E-state index in [4.69, 9.17) is 4.74 Å². The van der Waals surface area contributed by atoms with E-state index in [0.717, 1.165) is 16.7 Å². The van der Waals surface area contributed by atoms with E-state index in [2.05, 4.69) is 16.6 Å². The minimum Gasteiger partial charge on any atom is -0.497 e. The Labute approximate surface area is 124 Å². The van der Waals surface area contributed by atoms with Crippen molar-refractivity contribution in [1.29, 1.82) is 0 Å². The number of methoxy groups -OCH3 is 1. The second-order valence-corrected chi connectivity index (χ2v) is 4.85. The first-order valence-corrected chi connectivity index (χ1v) is 6.64. The van der Waals surface area contributed by atoms with Crippen molar-refractivity contribution in [2.75, 3.05) is 7.11 Å². The predicted octanol–water partition coefficient (Wildman–Crippen LogP) is 3.08. The lowest BCUT2D eigenvalue weighted by Gasteiger charge is -2.03. The molecule has 4 heteroatoms. The van der Waals surface area contributed by atoms with Gasteiger partial charge in [0, 0.05) is 5.56 Å². The van der Waals surface area contributed by atoms with Crippen LogP contribution in [0.4, 0.5) is 0 Å². The maximum atomic E-state index is 12.0. The van der Waals surface area contributed by atoms with Gasteiger partial charge in [0.25, 0.3) is 5.91 Å². The molecule has 0 aliphatic carbocycles. The average Bonchev–Trinajstić information content (AvgIpc) is 2.46. The van der Waals surface area contributed by atoms with Crippen molar-refractivity contribution in [3.05, 3.63) is 64.7 Å². The van der Waals surface area contributed by atoms with Crippen molar-refractivity contribution in [3.8, 4) is 5.75 Å². The summed E-state index contributed by atoms with van der Waals surface area (Å²) in [6, 6.07) is 13.0. The standard InChI is InChI=1S/C17H18N2O2/c1-12-7-13(2)9-14(8-12)11-18-19-17(20)15-5-4-6-16(10-15)21-3/h4-11H,1-3H3,(H,19,20)/b18-11+. The topological polar surface area (TPSA) is 50.7 Å². The molecule has 0 saturated heterocycles. The quantitative estimate of drug-likeness (QED) is 0.692. The van der Waals surface area contributed by atoms with E-state index in [-0.39, 0.29) is 5.91 Å². The second-order valence-electron chi connectivity index (χ2n) is 4.85. The summed E-state index contributed by atoms with van der Waals surface area (Å²) in [5.74, 6) is 0.371. The lowest BCUT2D eigenvalue weighted by molar-refractivity contribution is 0.0955. The number of hydrogen-bond donors (Lipinski definition) is 1. The van der Waals surface area contributed by atoms with Crippen LogP contribution in [0.5, 0.6) is 5.75 Å². The summed E-state index contributed by atoms with van der Waals surface area (Å²) in [6.45, 7) is 4.05. The maximum absolute atomic E-state index is 12.0. The third kappa shape index (κ3) is 4.18. The minimum atomic E-state index is -0.269. The van der Waals surface area contributed by atoms with Crippen LogP contribution in [0.15, 0.2) is 47.6 Å². The van der Waals surface area contributed by atoms with Gasteiger partial charge < -0.3 is 4.74 Å². The van der Waals surface area contributed by atoms with Crippen LogP contribution in [0.2, 0.25) is 0 Å². The lowest BCUT2D eigenvalue weighted by Crippen LogP contribution is -2.17. The Kier molecular flexibility index (Phi) is 4.72. The lowest BCUT2D eigenvalue weighted by atomic mass is 10.1. The largest absolute Gasteiger partial charge is 0.497 e. The third-order valence-electron chi connectivity index (χ3n) is 2.96. The normalized spacial score (nSPS) is 10.6. The molecule has 0 unspecified atom stereocenters. The molecule has 2 rings (SSSR count). The van der Waals surface area contributed by atoms with Gasteiger partial charge in [-0.25, -0.2) is 5.43 Å². The van der Waals surface area contributed by atoms with Crippen LogP contribution in [-0.4, -0.2) is 19.2 Å². The van der Waals surface area contributed by atoms with E-state index in [1.165, 1.54) is 0 Å². The Morgan fingerprint density at radius 2 is 1.86 bits per heavy atom. The number of carbonyl (C=O) groups excluding carboxylic acids is 1. The Morgan fingerprint density at radius 3 is 2.52 bits per heavy atom.